The minimum absolute atomic E-state index is 0.104. The second-order valence-electron chi connectivity index (χ2n) is 10.2. The van der Waals surface area contributed by atoms with Gasteiger partial charge >= 0.3 is 0 Å². The van der Waals surface area contributed by atoms with Gasteiger partial charge in [0.2, 0.25) is 11.5 Å². The fourth-order valence-electron chi connectivity index (χ4n) is 4.36. The lowest BCUT2D eigenvalue weighted by Gasteiger charge is -2.18. The zero-order valence-corrected chi connectivity index (χ0v) is 23.4. The lowest BCUT2D eigenvalue weighted by molar-refractivity contribution is 0.0612. The van der Waals surface area contributed by atoms with Gasteiger partial charge in [-0.3, -0.25) is 9.59 Å². The molecular weight excluding hydrogens is 536 g/mol. The van der Waals surface area contributed by atoms with Crippen LogP contribution in [0.25, 0.3) is 11.0 Å². The van der Waals surface area contributed by atoms with Crippen molar-refractivity contribution in [2.45, 2.75) is 32.6 Å². The lowest BCUT2D eigenvalue weighted by atomic mass is 10.1. The molecule has 2 heterocycles. The van der Waals surface area contributed by atoms with Gasteiger partial charge < -0.3 is 28.9 Å². The van der Waals surface area contributed by atoms with Gasteiger partial charge in [0, 0.05) is 17.8 Å². The molecule has 214 valence electrons. The molecule has 0 atom stereocenters. The minimum atomic E-state index is -1.04. The summed E-state index contributed by atoms with van der Waals surface area (Å²) in [6.07, 6.45) is 2.08. The molecule has 10 heteroatoms. The van der Waals surface area contributed by atoms with Crippen molar-refractivity contribution in [3.05, 3.63) is 107 Å². The normalized spacial score (nSPS) is 11.9. The van der Waals surface area contributed by atoms with Crippen LogP contribution in [0.3, 0.4) is 0 Å². The van der Waals surface area contributed by atoms with Gasteiger partial charge in [0.05, 0.1) is 35.9 Å². The number of carbonyl (C=O) groups is 2. The highest BCUT2D eigenvalue weighted by Crippen LogP contribution is 2.31. The van der Waals surface area contributed by atoms with Crippen LogP contribution in [-0.2, 0) is 13.2 Å². The standard InChI is InChI=1S/C32H30N4O6/c1-32(2,39)20-36-26-8-5-4-7-25(26)34-31(36)35-30(38)22-15-16-33-29(17-22)42-28-10-6-9-27(24(28)18-37)41-19-21-11-13-23(40-3)14-12-21/h4-18,39H,19-20H2,1-3H3,(H,34,35,38). The number of pyridine rings is 1. The number of nitrogens with zero attached hydrogens (tertiary/aromatic N) is 3. The molecule has 0 radical (unpaired) electrons. The van der Waals surface area contributed by atoms with E-state index in [-0.39, 0.29) is 35.9 Å². The van der Waals surface area contributed by atoms with Gasteiger partial charge in [-0.2, -0.15) is 4.99 Å². The quantitative estimate of drug-likeness (QED) is 0.226. The first-order valence-corrected chi connectivity index (χ1v) is 13.2. The topological polar surface area (TPSA) is 128 Å². The number of nitrogens with one attached hydrogen (secondary N) is 1. The summed E-state index contributed by atoms with van der Waals surface area (Å²) < 4.78 is 18.8. The number of hydrogen-bond donors (Lipinski definition) is 2. The summed E-state index contributed by atoms with van der Waals surface area (Å²) in [4.78, 5) is 36.9. The molecule has 0 fully saturated rings. The van der Waals surface area contributed by atoms with Crippen LogP contribution in [0.4, 0.5) is 0 Å². The summed E-state index contributed by atoms with van der Waals surface area (Å²) in [5.74, 6) is 0.872. The second kappa shape index (κ2) is 12.1. The highest BCUT2D eigenvalue weighted by atomic mass is 16.5. The van der Waals surface area contributed by atoms with E-state index in [0.717, 1.165) is 22.3 Å². The average Bonchev–Trinajstić information content (AvgIpc) is 3.31. The molecule has 42 heavy (non-hydrogen) atoms. The second-order valence-corrected chi connectivity index (χ2v) is 10.2. The van der Waals surface area contributed by atoms with Crippen molar-refractivity contribution in [3.63, 3.8) is 0 Å². The summed E-state index contributed by atoms with van der Waals surface area (Å²) in [5.41, 5.74) is 2.18. The molecule has 10 nitrogen and oxygen atoms in total. The molecule has 0 aliphatic heterocycles. The first kappa shape index (κ1) is 28.3. The Labute approximate surface area is 241 Å². The number of methoxy groups -OCH3 is 1. The zero-order valence-electron chi connectivity index (χ0n) is 23.4. The lowest BCUT2D eigenvalue weighted by Crippen LogP contribution is -2.32. The number of ether oxygens (including phenoxy) is 3. The maximum Gasteiger partial charge on any atom is 0.280 e. The van der Waals surface area contributed by atoms with Gasteiger partial charge in [-0.25, -0.2) is 4.98 Å². The zero-order chi connectivity index (χ0) is 29.7. The molecule has 2 N–H and O–H groups in total. The van der Waals surface area contributed by atoms with Gasteiger partial charge in [-0.1, -0.05) is 30.3 Å². The summed E-state index contributed by atoms with van der Waals surface area (Å²) >= 11 is 0. The van der Waals surface area contributed by atoms with Gasteiger partial charge in [0.1, 0.15) is 23.9 Å². The van der Waals surface area contributed by atoms with Crippen LogP contribution < -0.4 is 19.8 Å². The third-order valence-corrected chi connectivity index (χ3v) is 6.34. The molecule has 0 bridgehead atoms. The van der Waals surface area contributed by atoms with E-state index in [0.29, 0.717) is 17.7 Å². The Morgan fingerprint density at radius 3 is 2.55 bits per heavy atom. The largest absolute Gasteiger partial charge is 0.497 e. The van der Waals surface area contributed by atoms with Crippen molar-refractivity contribution < 1.29 is 28.9 Å². The Morgan fingerprint density at radius 1 is 1.05 bits per heavy atom. The number of aromatic nitrogens is 3. The number of carbonyl (C=O) groups excluding carboxylic acids is 2. The molecule has 0 aliphatic carbocycles. The molecular formula is C32H30N4O6. The van der Waals surface area contributed by atoms with E-state index >= 15 is 0 Å². The van der Waals surface area contributed by atoms with Crippen LogP contribution >= 0.6 is 0 Å². The number of para-hydroxylation sites is 2. The minimum Gasteiger partial charge on any atom is -0.497 e. The highest BCUT2D eigenvalue weighted by Gasteiger charge is 2.18. The average molecular weight is 567 g/mol. The van der Waals surface area contributed by atoms with E-state index in [1.165, 1.54) is 18.3 Å². The van der Waals surface area contributed by atoms with Crippen LogP contribution in [0.1, 0.15) is 40.1 Å². The SMILES string of the molecule is COc1ccc(COc2cccc(Oc3cc(C(=O)/N=c4\[nH]c5ccccc5n4CC(C)(C)O)ccn3)c2C=O)cc1. The van der Waals surface area contributed by atoms with Crippen LogP contribution in [0.2, 0.25) is 0 Å². The van der Waals surface area contributed by atoms with E-state index < -0.39 is 11.5 Å². The summed E-state index contributed by atoms with van der Waals surface area (Å²) in [5, 5.41) is 10.4. The predicted molar refractivity (Wildman–Crippen MR) is 156 cm³/mol. The first-order chi connectivity index (χ1) is 20.2. The number of rotatable bonds is 10. The molecule has 0 aliphatic rings. The summed E-state index contributed by atoms with van der Waals surface area (Å²) in [6, 6.07) is 22.9. The van der Waals surface area contributed by atoms with E-state index in [4.69, 9.17) is 14.2 Å². The fourth-order valence-corrected chi connectivity index (χ4v) is 4.36. The van der Waals surface area contributed by atoms with Crippen LogP contribution in [0.5, 0.6) is 23.1 Å². The van der Waals surface area contributed by atoms with Crippen molar-refractivity contribution in [3.8, 4) is 23.1 Å². The van der Waals surface area contributed by atoms with Gasteiger partial charge in [0.15, 0.2) is 6.29 Å². The molecule has 5 aromatic rings. The van der Waals surface area contributed by atoms with Crippen LogP contribution in [-0.4, -0.2) is 44.5 Å². The molecule has 0 saturated heterocycles. The smallest absolute Gasteiger partial charge is 0.280 e. The Morgan fingerprint density at radius 2 is 1.81 bits per heavy atom. The van der Waals surface area contributed by atoms with Gasteiger partial charge in [-0.15, -0.1) is 0 Å². The van der Waals surface area contributed by atoms with Crippen molar-refractivity contribution in [1.82, 2.24) is 14.5 Å². The van der Waals surface area contributed by atoms with Crippen molar-refractivity contribution in [2.75, 3.05) is 7.11 Å². The molecule has 3 aromatic carbocycles. The number of aldehydes is 1. The van der Waals surface area contributed by atoms with E-state index in [1.54, 1.807) is 43.7 Å². The number of imidazole rings is 1. The molecule has 0 unspecified atom stereocenters. The summed E-state index contributed by atoms with van der Waals surface area (Å²) in [7, 11) is 1.60. The number of fused-ring (bicyclic) bond motifs is 1. The molecule has 2 aromatic heterocycles. The molecule has 0 saturated carbocycles. The first-order valence-electron chi connectivity index (χ1n) is 13.2. The van der Waals surface area contributed by atoms with Crippen LogP contribution in [0.15, 0.2) is 90.1 Å². The third kappa shape index (κ3) is 6.56. The Balaban J connectivity index is 1.38. The maximum absolute atomic E-state index is 13.2. The Bertz CT molecular complexity index is 1800. The predicted octanol–water partition coefficient (Wildman–Crippen LogP) is 5.07. The number of aliphatic hydroxyl groups is 1. The third-order valence-electron chi connectivity index (χ3n) is 6.34. The van der Waals surface area contributed by atoms with Crippen molar-refractivity contribution >= 4 is 23.2 Å². The Hall–Kier alpha value is -5.22. The van der Waals surface area contributed by atoms with Crippen LogP contribution in [0, 0.1) is 0 Å². The number of benzene rings is 3. The number of amides is 1. The number of aromatic amines is 1. The number of H-pyrrole nitrogens is 1. The van der Waals surface area contributed by atoms with Crippen molar-refractivity contribution in [2.24, 2.45) is 4.99 Å². The van der Waals surface area contributed by atoms with E-state index in [9.17, 15) is 14.7 Å². The molecule has 0 spiro atoms. The Kier molecular flexibility index (Phi) is 8.16. The van der Waals surface area contributed by atoms with Crippen molar-refractivity contribution in [1.29, 1.82) is 0 Å². The molecule has 5 rings (SSSR count). The highest BCUT2D eigenvalue weighted by molar-refractivity contribution is 5.95. The van der Waals surface area contributed by atoms with E-state index in [2.05, 4.69) is 15.0 Å². The fraction of sp³-hybridized carbons (Fsp3) is 0.188. The molecule has 1 amide bonds. The van der Waals surface area contributed by atoms with Gasteiger partial charge in [0.25, 0.3) is 5.91 Å². The summed E-state index contributed by atoms with van der Waals surface area (Å²) in [6.45, 7) is 3.83. The van der Waals surface area contributed by atoms with Gasteiger partial charge in [-0.05, 0) is 61.9 Å². The monoisotopic (exact) mass is 566 g/mol. The number of hydrogen-bond acceptors (Lipinski definition) is 7. The van der Waals surface area contributed by atoms with E-state index in [1.807, 2.05) is 48.5 Å². The maximum atomic E-state index is 13.2.